The Labute approximate surface area is 71.7 Å². The smallest absolute Gasteiger partial charge is 0.0262 e. The SMILES string of the molecule is CCC[C@@H](C)/C=C\[C@H](C)CC. The zero-order chi connectivity index (χ0) is 8.69. The Bertz CT molecular complexity index is 103. The molecule has 0 aliphatic rings. The lowest BCUT2D eigenvalue weighted by Gasteiger charge is -2.04. The quantitative estimate of drug-likeness (QED) is 0.524. The van der Waals surface area contributed by atoms with Crippen LogP contribution in [-0.2, 0) is 0 Å². The molecule has 0 saturated carbocycles. The molecule has 0 aromatic rings. The van der Waals surface area contributed by atoms with E-state index in [-0.39, 0.29) is 0 Å². The minimum atomic E-state index is 0.759. The number of hydrogen-bond donors (Lipinski definition) is 0. The zero-order valence-corrected chi connectivity index (χ0v) is 8.43. The fourth-order valence-corrected chi connectivity index (χ4v) is 1.07. The minimum Gasteiger partial charge on any atom is -0.0854 e. The lowest BCUT2D eigenvalue weighted by Crippen LogP contribution is -1.90. The Morgan fingerprint density at radius 1 is 1.00 bits per heavy atom. The molecule has 0 N–H and O–H groups in total. The number of rotatable bonds is 5. The first-order chi connectivity index (χ1) is 5.20. The van der Waals surface area contributed by atoms with Crippen molar-refractivity contribution in [3.05, 3.63) is 12.2 Å². The highest BCUT2D eigenvalue weighted by molar-refractivity contribution is 4.89. The fourth-order valence-electron chi connectivity index (χ4n) is 1.07. The highest BCUT2D eigenvalue weighted by Crippen LogP contribution is 2.09. The van der Waals surface area contributed by atoms with Gasteiger partial charge in [0.05, 0.1) is 0 Å². The van der Waals surface area contributed by atoms with Crippen LogP contribution in [0.1, 0.15) is 47.0 Å². The molecule has 0 nitrogen and oxygen atoms in total. The van der Waals surface area contributed by atoms with Crippen molar-refractivity contribution in [2.75, 3.05) is 0 Å². The van der Waals surface area contributed by atoms with Gasteiger partial charge in [0.15, 0.2) is 0 Å². The lowest BCUT2D eigenvalue weighted by molar-refractivity contribution is 0.619. The molecule has 2 atom stereocenters. The van der Waals surface area contributed by atoms with Gasteiger partial charge in [-0.2, -0.15) is 0 Å². The first-order valence-electron chi connectivity index (χ1n) is 4.89. The van der Waals surface area contributed by atoms with Gasteiger partial charge >= 0.3 is 0 Å². The predicted octanol–water partition coefficient (Wildman–Crippen LogP) is 4.02. The van der Waals surface area contributed by atoms with E-state index in [1.54, 1.807) is 0 Å². The van der Waals surface area contributed by atoms with Crippen molar-refractivity contribution >= 4 is 0 Å². The van der Waals surface area contributed by atoms with Crippen LogP contribution in [0.2, 0.25) is 0 Å². The van der Waals surface area contributed by atoms with Gasteiger partial charge in [0, 0.05) is 0 Å². The van der Waals surface area contributed by atoms with Crippen molar-refractivity contribution in [2.45, 2.75) is 47.0 Å². The summed E-state index contributed by atoms with van der Waals surface area (Å²) in [5.41, 5.74) is 0. The summed E-state index contributed by atoms with van der Waals surface area (Å²) in [4.78, 5) is 0. The summed E-state index contributed by atoms with van der Waals surface area (Å²) in [6.07, 6.45) is 8.59. The second-order valence-corrected chi connectivity index (χ2v) is 3.54. The van der Waals surface area contributed by atoms with Gasteiger partial charge in [0.1, 0.15) is 0 Å². The summed E-state index contributed by atoms with van der Waals surface area (Å²) in [6.45, 7) is 9.05. The summed E-state index contributed by atoms with van der Waals surface area (Å²) >= 11 is 0. The zero-order valence-electron chi connectivity index (χ0n) is 8.43. The van der Waals surface area contributed by atoms with E-state index < -0.39 is 0 Å². The van der Waals surface area contributed by atoms with Crippen LogP contribution in [-0.4, -0.2) is 0 Å². The highest BCUT2D eigenvalue weighted by Gasteiger charge is 1.95. The first kappa shape index (κ1) is 10.7. The Hall–Kier alpha value is -0.260. The Balaban J connectivity index is 3.54. The Morgan fingerprint density at radius 2 is 1.55 bits per heavy atom. The standard InChI is InChI=1S/C11H22/c1-5-7-11(4)9-8-10(3)6-2/h8-11H,5-7H2,1-4H3/b9-8-/t10-,11-/m1/s1. The maximum absolute atomic E-state index is 2.36. The van der Waals surface area contributed by atoms with Gasteiger partial charge in [0.2, 0.25) is 0 Å². The molecule has 0 fully saturated rings. The van der Waals surface area contributed by atoms with Gasteiger partial charge in [-0.3, -0.25) is 0 Å². The molecule has 0 aromatic heterocycles. The van der Waals surface area contributed by atoms with Crippen molar-refractivity contribution < 1.29 is 0 Å². The maximum atomic E-state index is 2.36. The van der Waals surface area contributed by atoms with Gasteiger partial charge in [-0.25, -0.2) is 0 Å². The molecule has 0 radical (unpaired) electrons. The van der Waals surface area contributed by atoms with E-state index in [1.807, 2.05) is 0 Å². The summed E-state index contributed by atoms with van der Waals surface area (Å²) < 4.78 is 0. The van der Waals surface area contributed by atoms with Crippen molar-refractivity contribution in [3.8, 4) is 0 Å². The van der Waals surface area contributed by atoms with Gasteiger partial charge < -0.3 is 0 Å². The average Bonchev–Trinajstić information content (AvgIpc) is 2.01. The van der Waals surface area contributed by atoms with E-state index in [0.29, 0.717) is 0 Å². The predicted molar refractivity (Wildman–Crippen MR) is 52.7 cm³/mol. The molecule has 0 amide bonds. The topological polar surface area (TPSA) is 0 Å². The monoisotopic (exact) mass is 154 g/mol. The van der Waals surface area contributed by atoms with Crippen LogP contribution in [0, 0.1) is 11.8 Å². The van der Waals surface area contributed by atoms with Gasteiger partial charge in [-0.1, -0.05) is 52.7 Å². The molecular formula is C11H22. The van der Waals surface area contributed by atoms with E-state index in [0.717, 1.165) is 11.8 Å². The maximum Gasteiger partial charge on any atom is -0.0262 e. The third-order valence-corrected chi connectivity index (χ3v) is 2.16. The van der Waals surface area contributed by atoms with Gasteiger partial charge in [0.25, 0.3) is 0 Å². The molecule has 0 heteroatoms. The largest absolute Gasteiger partial charge is 0.0854 e. The minimum absolute atomic E-state index is 0.759. The van der Waals surface area contributed by atoms with E-state index in [9.17, 15) is 0 Å². The highest BCUT2D eigenvalue weighted by atomic mass is 14.0. The lowest BCUT2D eigenvalue weighted by atomic mass is 10.0. The number of hydrogen-bond acceptors (Lipinski definition) is 0. The van der Waals surface area contributed by atoms with Crippen LogP contribution in [0.25, 0.3) is 0 Å². The molecule has 0 aromatic carbocycles. The third kappa shape index (κ3) is 6.15. The van der Waals surface area contributed by atoms with Crippen LogP contribution in [0.4, 0.5) is 0 Å². The first-order valence-corrected chi connectivity index (χ1v) is 4.89. The average molecular weight is 154 g/mol. The van der Waals surface area contributed by atoms with Crippen molar-refractivity contribution in [1.82, 2.24) is 0 Å². The van der Waals surface area contributed by atoms with Gasteiger partial charge in [-0.15, -0.1) is 0 Å². The third-order valence-electron chi connectivity index (χ3n) is 2.16. The van der Waals surface area contributed by atoms with E-state index in [4.69, 9.17) is 0 Å². The summed E-state index contributed by atoms with van der Waals surface area (Å²) in [7, 11) is 0. The second-order valence-electron chi connectivity index (χ2n) is 3.54. The molecule has 0 spiro atoms. The van der Waals surface area contributed by atoms with Crippen LogP contribution >= 0.6 is 0 Å². The Morgan fingerprint density at radius 3 is 2.00 bits per heavy atom. The molecular weight excluding hydrogens is 132 g/mol. The summed E-state index contributed by atoms with van der Waals surface area (Å²) in [5, 5.41) is 0. The molecule has 0 bridgehead atoms. The molecule has 11 heavy (non-hydrogen) atoms. The Kier molecular flexibility index (Phi) is 6.30. The molecule has 0 heterocycles. The molecule has 0 rings (SSSR count). The van der Waals surface area contributed by atoms with E-state index in [1.165, 1.54) is 19.3 Å². The molecule has 0 aliphatic heterocycles. The van der Waals surface area contributed by atoms with Crippen LogP contribution in [0.15, 0.2) is 12.2 Å². The van der Waals surface area contributed by atoms with Gasteiger partial charge in [-0.05, 0) is 18.3 Å². The molecule has 0 saturated heterocycles. The number of allylic oxidation sites excluding steroid dienone is 2. The van der Waals surface area contributed by atoms with E-state index in [2.05, 4.69) is 39.8 Å². The van der Waals surface area contributed by atoms with Crippen LogP contribution in [0.5, 0.6) is 0 Å². The van der Waals surface area contributed by atoms with Crippen molar-refractivity contribution in [3.63, 3.8) is 0 Å². The van der Waals surface area contributed by atoms with Crippen molar-refractivity contribution in [2.24, 2.45) is 11.8 Å². The van der Waals surface area contributed by atoms with Crippen molar-refractivity contribution in [1.29, 1.82) is 0 Å². The van der Waals surface area contributed by atoms with Crippen LogP contribution in [0.3, 0.4) is 0 Å². The summed E-state index contributed by atoms with van der Waals surface area (Å²) in [5.74, 6) is 1.53. The van der Waals surface area contributed by atoms with Crippen LogP contribution < -0.4 is 0 Å². The molecule has 66 valence electrons. The van der Waals surface area contributed by atoms with E-state index >= 15 is 0 Å². The molecule has 0 aliphatic carbocycles. The fraction of sp³-hybridized carbons (Fsp3) is 0.818. The second kappa shape index (κ2) is 6.45. The normalized spacial score (nSPS) is 17.1. The molecule has 0 unspecified atom stereocenters. The summed E-state index contributed by atoms with van der Waals surface area (Å²) in [6, 6.07) is 0.